The van der Waals surface area contributed by atoms with Gasteiger partial charge in [-0.25, -0.2) is 14.4 Å². The summed E-state index contributed by atoms with van der Waals surface area (Å²) < 4.78 is 24.5. The Morgan fingerprint density at radius 3 is 2.47 bits per heavy atom. The van der Waals surface area contributed by atoms with Crippen LogP contribution in [-0.4, -0.2) is 77.8 Å². The van der Waals surface area contributed by atoms with E-state index in [1.165, 1.54) is 12.1 Å². The van der Waals surface area contributed by atoms with Crippen LogP contribution in [0.2, 0.25) is 0 Å². The number of hydrogen-bond acceptors (Lipinski definition) is 9. The van der Waals surface area contributed by atoms with E-state index >= 15 is 0 Å². The number of epoxide rings is 1. The van der Waals surface area contributed by atoms with E-state index in [1.807, 2.05) is 13.0 Å². The van der Waals surface area contributed by atoms with Crippen molar-refractivity contribution in [3.63, 3.8) is 0 Å². The number of piperazine rings is 1. The maximum Gasteiger partial charge on any atom is 0.228 e. The molecule has 0 amide bonds. The molecule has 3 aliphatic heterocycles. The first-order chi connectivity index (χ1) is 18.4. The summed E-state index contributed by atoms with van der Waals surface area (Å²) in [6, 6.07) is 10.8. The van der Waals surface area contributed by atoms with Gasteiger partial charge in [0, 0.05) is 55.6 Å². The molecule has 38 heavy (non-hydrogen) atoms. The van der Waals surface area contributed by atoms with Gasteiger partial charge < -0.3 is 29.3 Å². The summed E-state index contributed by atoms with van der Waals surface area (Å²) in [4.78, 5) is 21.4. The van der Waals surface area contributed by atoms with Crippen LogP contribution in [0.1, 0.15) is 31.1 Å². The Morgan fingerprint density at radius 2 is 1.79 bits per heavy atom. The number of aromatic nitrogens is 3. The molecule has 0 radical (unpaired) electrons. The highest BCUT2D eigenvalue weighted by atomic mass is 19.1. The number of morpholine rings is 1. The van der Waals surface area contributed by atoms with E-state index in [0.29, 0.717) is 19.2 Å². The van der Waals surface area contributed by atoms with E-state index in [1.54, 1.807) is 18.3 Å². The molecular weight excluding hydrogens is 487 g/mol. The molecule has 3 aromatic rings. The minimum Gasteiger partial charge on any atom is -0.377 e. The van der Waals surface area contributed by atoms with Crippen molar-refractivity contribution in [2.75, 3.05) is 54.1 Å². The molecule has 1 N–H and O–H groups in total. The Bertz CT molecular complexity index is 1310. The van der Waals surface area contributed by atoms with Crippen LogP contribution < -0.4 is 14.7 Å². The van der Waals surface area contributed by atoms with Gasteiger partial charge in [0.2, 0.25) is 5.95 Å². The number of anilines is 3. The summed E-state index contributed by atoms with van der Waals surface area (Å²) in [6.45, 7) is 10.7. The number of hydrogen-bond donors (Lipinski definition) is 1. The molecule has 4 atom stereocenters. The number of benzene rings is 1. The smallest absolute Gasteiger partial charge is 0.228 e. The van der Waals surface area contributed by atoms with Gasteiger partial charge >= 0.3 is 0 Å². The minimum absolute atomic E-state index is 0.161. The predicted molar refractivity (Wildman–Crippen MR) is 143 cm³/mol. The zero-order valence-corrected chi connectivity index (χ0v) is 21.9. The Balaban J connectivity index is 1.27. The Hall–Kier alpha value is -3.34. The molecular formula is C28H33FN6O3. The van der Waals surface area contributed by atoms with Gasteiger partial charge in [-0.3, -0.25) is 0 Å². The van der Waals surface area contributed by atoms with Crippen LogP contribution in [0.15, 0.2) is 42.6 Å². The lowest BCUT2D eigenvalue weighted by Gasteiger charge is -2.42. The fraction of sp³-hybridized carbons (Fsp3) is 0.464. The van der Waals surface area contributed by atoms with Crippen molar-refractivity contribution in [2.45, 2.75) is 45.2 Å². The third-order valence-electron chi connectivity index (χ3n) is 7.56. The molecule has 1 aromatic carbocycles. The quantitative estimate of drug-likeness (QED) is 0.509. The van der Waals surface area contributed by atoms with Crippen molar-refractivity contribution in [1.82, 2.24) is 15.0 Å². The average Bonchev–Trinajstić information content (AvgIpc) is 3.65. The second-order valence-electron chi connectivity index (χ2n) is 10.4. The van der Waals surface area contributed by atoms with E-state index in [9.17, 15) is 9.50 Å². The third-order valence-corrected chi connectivity index (χ3v) is 7.56. The molecule has 10 heteroatoms. The summed E-state index contributed by atoms with van der Waals surface area (Å²) in [7, 11) is 0. The molecule has 9 nitrogen and oxygen atoms in total. The number of aliphatic hydroxyl groups is 1. The first-order valence-electron chi connectivity index (χ1n) is 13.2. The van der Waals surface area contributed by atoms with E-state index in [2.05, 4.69) is 34.6 Å². The Morgan fingerprint density at radius 1 is 1.00 bits per heavy atom. The van der Waals surface area contributed by atoms with Crippen molar-refractivity contribution in [3.8, 4) is 11.3 Å². The van der Waals surface area contributed by atoms with Gasteiger partial charge in [-0.15, -0.1) is 0 Å². The molecule has 200 valence electrons. The van der Waals surface area contributed by atoms with Gasteiger partial charge in [-0.2, -0.15) is 4.98 Å². The second kappa shape index (κ2) is 10.1. The van der Waals surface area contributed by atoms with Crippen LogP contribution in [0.25, 0.3) is 11.3 Å². The van der Waals surface area contributed by atoms with E-state index in [4.69, 9.17) is 24.4 Å². The van der Waals surface area contributed by atoms with Crippen LogP contribution in [-0.2, 0) is 9.47 Å². The van der Waals surface area contributed by atoms with Crippen LogP contribution in [0, 0.1) is 12.7 Å². The van der Waals surface area contributed by atoms with Crippen LogP contribution in [0.5, 0.6) is 0 Å². The molecule has 2 unspecified atom stereocenters. The fourth-order valence-corrected chi connectivity index (χ4v) is 5.40. The highest BCUT2D eigenvalue weighted by molar-refractivity contribution is 5.66. The Kier molecular flexibility index (Phi) is 6.63. The SMILES string of the molecule is Cc1cc(C2OC2O)cnc1N1CCN(c2cc(-c3ccc(F)cc3)nc(N3CCOC[C@H]3C)n2)[C@H](C)C1. The lowest BCUT2D eigenvalue weighted by Crippen LogP contribution is -2.53. The Labute approximate surface area is 221 Å². The first kappa shape index (κ1) is 25.0. The molecule has 3 aliphatic rings. The summed E-state index contributed by atoms with van der Waals surface area (Å²) in [5, 5.41) is 9.58. The van der Waals surface area contributed by atoms with Crippen molar-refractivity contribution in [3.05, 3.63) is 59.5 Å². The fourth-order valence-electron chi connectivity index (χ4n) is 5.40. The zero-order chi connectivity index (χ0) is 26.4. The maximum atomic E-state index is 13.6. The predicted octanol–water partition coefficient (Wildman–Crippen LogP) is 3.32. The summed E-state index contributed by atoms with van der Waals surface area (Å²) in [5.74, 6) is 2.21. The molecule has 0 bridgehead atoms. The second-order valence-corrected chi connectivity index (χ2v) is 10.4. The van der Waals surface area contributed by atoms with Crippen LogP contribution >= 0.6 is 0 Å². The minimum atomic E-state index is -0.719. The molecule has 2 aromatic heterocycles. The molecule has 0 saturated carbocycles. The normalized spacial score (nSPS) is 25.6. The topological polar surface area (TPSA) is 90.4 Å². The lowest BCUT2D eigenvalue weighted by molar-refractivity contribution is 0.0981. The summed E-state index contributed by atoms with van der Waals surface area (Å²) in [6.07, 6.45) is 0.821. The average molecular weight is 521 g/mol. The van der Waals surface area contributed by atoms with Gasteiger partial charge in [0.1, 0.15) is 23.6 Å². The van der Waals surface area contributed by atoms with Gasteiger partial charge in [0.15, 0.2) is 6.29 Å². The van der Waals surface area contributed by atoms with Gasteiger partial charge in [0.25, 0.3) is 0 Å². The third kappa shape index (κ3) is 4.91. The van der Waals surface area contributed by atoms with Gasteiger partial charge in [-0.05, 0) is 56.7 Å². The summed E-state index contributed by atoms with van der Waals surface area (Å²) >= 11 is 0. The molecule has 6 rings (SSSR count). The molecule has 0 spiro atoms. The van der Waals surface area contributed by atoms with Crippen LogP contribution in [0.4, 0.5) is 22.0 Å². The lowest BCUT2D eigenvalue weighted by atomic mass is 10.1. The van der Waals surface area contributed by atoms with E-state index in [-0.39, 0.29) is 24.0 Å². The highest BCUT2D eigenvalue weighted by Gasteiger charge is 2.39. The monoisotopic (exact) mass is 520 g/mol. The molecule has 3 saturated heterocycles. The molecule has 5 heterocycles. The number of nitrogens with zero attached hydrogens (tertiary/aromatic N) is 6. The summed E-state index contributed by atoms with van der Waals surface area (Å²) in [5.41, 5.74) is 3.60. The van der Waals surface area contributed by atoms with E-state index in [0.717, 1.165) is 60.2 Å². The number of ether oxygens (including phenoxy) is 2. The van der Waals surface area contributed by atoms with Crippen molar-refractivity contribution in [2.24, 2.45) is 0 Å². The maximum absolute atomic E-state index is 13.6. The number of aliphatic hydroxyl groups excluding tert-OH is 1. The van der Waals surface area contributed by atoms with E-state index < -0.39 is 6.29 Å². The van der Waals surface area contributed by atoms with Gasteiger partial charge in [0.05, 0.1) is 24.9 Å². The largest absolute Gasteiger partial charge is 0.377 e. The number of aryl methyl sites for hydroxylation is 1. The number of rotatable bonds is 5. The van der Waals surface area contributed by atoms with Crippen molar-refractivity contribution >= 4 is 17.6 Å². The zero-order valence-electron chi connectivity index (χ0n) is 21.9. The van der Waals surface area contributed by atoms with Crippen LogP contribution in [0.3, 0.4) is 0 Å². The number of pyridine rings is 1. The standard InChI is InChI=1S/C28H33FN6O3/c1-17-12-21(25-27(36)38-25)14-30-26(17)33-8-9-34(18(2)15-33)24-13-23(20-4-6-22(29)7-5-20)31-28(32-24)35-10-11-37-16-19(35)3/h4-7,12-14,18-19,25,27,36H,8-11,15-16H2,1-3H3/t18-,19-,25?,27?/m1/s1. The van der Waals surface area contributed by atoms with Crippen molar-refractivity contribution in [1.29, 1.82) is 0 Å². The van der Waals surface area contributed by atoms with Gasteiger partial charge in [-0.1, -0.05) is 0 Å². The molecule has 0 aliphatic carbocycles. The highest BCUT2D eigenvalue weighted by Crippen LogP contribution is 2.38. The number of halogens is 1. The first-order valence-corrected chi connectivity index (χ1v) is 13.2. The van der Waals surface area contributed by atoms with Crippen molar-refractivity contribution < 1.29 is 19.0 Å². The molecule has 3 fully saturated rings.